The molecule has 0 saturated heterocycles. The molecule has 2 aromatic carbocycles. The third kappa shape index (κ3) is 3.95. The molecule has 4 rings (SSSR count). The second kappa shape index (κ2) is 8.30. The predicted molar refractivity (Wildman–Crippen MR) is 119 cm³/mol. The number of carbonyl (C=O) groups excluding carboxylic acids is 2. The van der Waals surface area contributed by atoms with Crippen molar-refractivity contribution in [1.82, 2.24) is 9.55 Å². The van der Waals surface area contributed by atoms with Crippen LogP contribution in [0.3, 0.4) is 0 Å². The van der Waals surface area contributed by atoms with Gasteiger partial charge in [0, 0.05) is 39.4 Å². The number of amides is 1. The van der Waals surface area contributed by atoms with Crippen LogP contribution >= 0.6 is 23.2 Å². The summed E-state index contributed by atoms with van der Waals surface area (Å²) in [5, 5.41) is 4.34. The second-order valence-electron chi connectivity index (χ2n) is 6.83. The van der Waals surface area contributed by atoms with E-state index < -0.39 is 11.7 Å². The first-order chi connectivity index (χ1) is 14.4. The van der Waals surface area contributed by atoms with Crippen LogP contribution in [0.4, 0.5) is 5.82 Å². The van der Waals surface area contributed by atoms with E-state index in [0.29, 0.717) is 39.1 Å². The van der Waals surface area contributed by atoms with Gasteiger partial charge in [0.25, 0.3) is 11.7 Å². The van der Waals surface area contributed by atoms with E-state index in [1.807, 2.05) is 41.8 Å². The summed E-state index contributed by atoms with van der Waals surface area (Å²) in [6, 6.07) is 17.9. The number of benzene rings is 2. The first-order valence-corrected chi connectivity index (χ1v) is 9.99. The van der Waals surface area contributed by atoms with E-state index in [9.17, 15) is 9.59 Å². The number of aromatic nitrogens is 2. The molecule has 150 valence electrons. The van der Waals surface area contributed by atoms with Crippen LogP contribution < -0.4 is 5.32 Å². The van der Waals surface area contributed by atoms with Crippen LogP contribution in [0.25, 0.3) is 10.9 Å². The van der Waals surface area contributed by atoms with Gasteiger partial charge in [0.2, 0.25) is 0 Å². The zero-order chi connectivity index (χ0) is 21.3. The minimum atomic E-state index is -0.748. The number of halogens is 2. The van der Waals surface area contributed by atoms with Gasteiger partial charge in [-0.3, -0.25) is 9.59 Å². The summed E-state index contributed by atoms with van der Waals surface area (Å²) < 4.78 is 2.00. The SMILES string of the molecule is Cc1c(C(=O)C(=O)Nc2ccccn2)c2cc(Cl)ccc2n1Cc1ccc(Cl)cc1. The quantitative estimate of drug-likeness (QED) is 0.330. The van der Waals surface area contributed by atoms with E-state index >= 15 is 0 Å². The number of ketones is 1. The van der Waals surface area contributed by atoms with Crippen LogP contribution in [0, 0.1) is 6.92 Å². The standard InChI is InChI=1S/C23H17Cl2N3O2/c1-14-21(22(29)23(30)27-20-4-2-3-11-26-20)18-12-17(25)9-10-19(18)28(14)13-15-5-7-16(24)8-6-15/h2-12H,13H2,1H3,(H,26,27,30). The van der Waals surface area contributed by atoms with Crippen molar-refractivity contribution in [2.45, 2.75) is 13.5 Å². The maximum absolute atomic E-state index is 13.1. The van der Waals surface area contributed by atoms with Gasteiger partial charge in [0.15, 0.2) is 0 Å². The monoisotopic (exact) mass is 437 g/mol. The molecule has 0 atom stereocenters. The minimum absolute atomic E-state index is 0.316. The van der Waals surface area contributed by atoms with Gasteiger partial charge in [-0.1, -0.05) is 41.4 Å². The Kier molecular flexibility index (Phi) is 5.57. The predicted octanol–water partition coefficient (Wildman–Crippen LogP) is 5.52. The Balaban J connectivity index is 1.76. The fourth-order valence-corrected chi connectivity index (χ4v) is 3.74. The van der Waals surface area contributed by atoms with Crippen LogP contribution in [0.1, 0.15) is 21.6 Å². The number of pyridine rings is 1. The second-order valence-corrected chi connectivity index (χ2v) is 7.71. The van der Waals surface area contributed by atoms with Crippen LogP contribution in [0.5, 0.6) is 0 Å². The Labute approximate surface area is 183 Å². The molecule has 0 aliphatic rings. The number of hydrogen-bond acceptors (Lipinski definition) is 3. The minimum Gasteiger partial charge on any atom is -0.340 e. The van der Waals surface area contributed by atoms with E-state index in [4.69, 9.17) is 23.2 Å². The molecule has 30 heavy (non-hydrogen) atoms. The third-order valence-corrected chi connectivity index (χ3v) is 5.37. The topological polar surface area (TPSA) is 64.0 Å². The first-order valence-electron chi connectivity index (χ1n) is 9.23. The van der Waals surface area contributed by atoms with Crippen molar-refractivity contribution in [2.75, 3.05) is 5.32 Å². The smallest absolute Gasteiger partial charge is 0.298 e. The Bertz CT molecular complexity index is 1250. The van der Waals surface area contributed by atoms with E-state index in [1.54, 1.807) is 36.5 Å². The van der Waals surface area contributed by atoms with E-state index in [2.05, 4.69) is 10.3 Å². The van der Waals surface area contributed by atoms with Crippen molar-refractivity contribution in [2.24, 2.45) is 0 Å². The lowest BCUT2D eigenvalue weighted by Crippen LogP contribution is -2.24. The highest BCUT2D eigenvalue weighted by atomic mass is 35.5. The number of nitrogens with zero attached hydrogens (tertiary/aromatic N) is 2. The number of anilines is 1. The zero-order valence-corrected chi connectivity index (χ0v) is 17.5. The van der Waals surface area contributed by atoms with Gasteiger partial charge in [0.1, 0.15) is 5.82 Å². The normalized spacial score (nSPS) is 10.9. The number of Topliss-reactive ketones (excluding diaryl/α,β-unsaturated/α-hetero) is 1. The number of fused-ring (bicyclic) bond motifs is 1. The average Bonchev–Trinajstić information content (AvgIpc) is 3.00. The molecule has 0 radical (unpaired) electrons. The van der Waals surface area contributed by atoms with Crippen molar-refractivity contribution in [3.8, 4) is 0 Å². The molecule has 4 aromatic rings. The molecule has 0 unspecified atom stereocenters. The zero-order valence-electron chi connectivity index (χ0n) is 16.0. The van der Waals surface area contributed by atoms with Crippen molar-refractivity contribution in [1.29, 1.82) is 0 Å². The third-order valence-electron chi connectivity index (χ3n) is 4.88. The van der Waals surface area contributed by atoms with Gasteiger partial charge in [-0.05, 0) is 55.0 Å². The Morgan fingerprint density at radius 1 is 1.00 bits per heavy atom. The van der Waals surface area contributed by atoms with Crippen molar-refractivity contribution in [3.63, 3.8) is 0 Å². The summed E-state index contributed by atoms with van der Waals surface area (Å²) in [4.78, 5) is 29.8. The molecule has 0 saturated carbocycles. The lowest BCUT2D eigenvalue weighted by Gasteiger charge is -2.09. The summed E-state index contributed by atoms with van der Waals surface area (Å²) in [5.74, 6) is -1.07. The molecular weight excluding hydrogens is 421 g/mol. The first kappa shape index (κ1) is 20.1. The molecule has 2 aromatic heterocycles. The maximum atomic E-state index is 13.1. The molecule has 5 nitrogen and oxygen atoms in total. The highest BCUT2D eigenvalue weighted by Gasteiger charge is 2.25. The number of hydrogen-bond donors (Lipinski definition) is 1. The van der Waals surface area contributed by atoms with Gasteiger partial charge in [-0.15, -0.1) is 0 Å². The van der Waals surface area contributed by atoms with Crippen LogP contribution in [-0.2, 0) is 11.3 Å². The van der Waals surface area contributed by atoms with Gasteiger partial charge in [0.05, 0.1) is 5.56 Å². The fraction of sp³-hybridized carbons (Fsp3) is 0.0870. The molecule has 0 spiro atoms. The molecule has 1 amide bonds. The van der Waals surface area contributed by atoms with Gasteiger partial charge in [-0.2, -0.15) is 0 Å². The Morgan fingerprint density at radius 3 is 2.43 bits per heavy atom. The van der Waals surface area contributed by atoms with Crippen molar-refractivity contribution < 1.29 is 9.59 Å². The number of nitrogens with one attached hydrogen (secondary N) is 1. The highest BCUT2D eigenvalue weighted by molar-refractivity contribution is 6.48. The molecule has 0 bridgehead atoms. The Hall–Kier alpha value is -3.15. The molecule has 1 N–H and O–H groups in total. The van der Waals surface area contributed by atoms with Crippen molar-refractivity contribution in [3.05, 3.63) is 93.7 Å². The van der Waals surface area contributed by atoms with Gasteiger partial charge in [-0.25, -0.2) is 4.98 Å². The summed E-state index contributed by atoms with van der Waals surface area (Å²) >= 11 is 12.2. The summed E-state index contributed by atoms with van der Waals surface area (Å²) in [6.45, 7) is 2.35. The molecule has 7 heteroatoms. The molecule has 0 aliphatic heterocycles. The highest BCUT2D eigenvalue weighted by Crippen LogP contribution is 2.30. The van der Waals surface area contributed by atoms with Crippen LogP contribution in [0.15, 0.2) is 66.9 Å². The van der Waals surface area contributed by atoms with E-state index in [-0.39, 0.29) is 0 Å². The van der Waals surface area contributed by atoms with Gasteiger partial charge >= 0.3 is 0 Å². The van der Waals surface area contributed by atoms with Crippen molar-refractivity contribution >= 4 is 51.6 Å². The largest absolute Gasteiger partial charge is 0.340 e. The van der Waals surface area contributed by atoms with E-state index in [0.717, 1.165) is 11.1 Å². The van der Waals surface area contributed by atoms with Crippen LogP contribution in [0.2, 0.25) is 10.0 Å². The maximum Gasteiger partial charge on any atom is 0.298 e. The average molecular weight is 438 g/mol. The number of carbonyl (C=O) groups is 2. The molecular formula is C23H17Cl2N3O2. The molecule has 0 aliphatic carbocycles. The van der Waals surface area contributed by atoms with Gasteiger partial charge < -0.3 is 9.88 Å². The summed E-state index contributed by atoms with van der Waals surface area (Å²) in [6.07, 6.45) is 1.54. The Morgan fingerprint density at radius 2 is 1.73 bits per heavy atom. The lowest BCUT2D eigenvalue weighted by molar-refractivity contribution is -0.112. The summed E-state index contributed by atoms with van der Waals surface area (Å²) in [5.41, 5.74) is 2.85. The summed E-state index contributed by atoms with van der Waals surface area (Å²) in [7, 11) is 0. The number of rotatable bonds is 5. The molecule has 2 heterocycles. The van der Waals surface area contributed by atoms with Crippen LogP contribution in [-0.4, -0.2) is 21.2 Å². The molecule has 0 fully saturated rings. The van der Waals surface area contributed by atoms with E-state index in [1.165, 1.54) is 0 Å². The lowest BCUT2D eigenvalue weighted by atomic mass is 10.1. The fourth-order valence-electron chi connectivity index (χ4n) is 3.44.